The Morgan fingerprint density at radius 2 is 1.96 bits per heavy atom. The molecule has 1 amide bonds. The third-order valence-electron chi connectivity index (χ3n) is 5.41. The van der Waals surface area contributed by atoms with E-state index < -0.39 is 0 Å². The number of piperidine rings is 1. The molecule has 2 aromatic rings. The highest BCUT2D eigenvalue weighted by Crippen LogP contribution is 2.26. The second-order valence-corrected chi connectivity index (χ2v) is 7.54. The van der Waals surface area contributed by atoms with Gasteiger partial charge in [0.15, 0.2) is 0 Å². The maximum atomic E-state index is 12.9. The molecule has 1 fully saturated rings. The van der Waals surface area contributed by atoms with Crippen molar-refractivity contribution in [2.24, 2.45) is 0 Å². The molecule has 0 spiro atoms. The second kappa shape index (κ2) is 8.09. The number of rotatable bonds is 3. The third-order valence-corrected chi connectivity index (χ3v) is 5.41. The zero-order chi connectivity index (χ0) is 18.6. The largest absolute Gasteiger partial charge is 0.491 e. The molecular weight excluding hydrogens is 338 g/mol. The van der Waals surface area contributed by atoms with E-state index in [2.05, 4.69) is 28.1 Å². The van der Waals surface area contributed by atoms with Crippen molar-refractivity contribution in [1.29, 1.82) is 0 Å². The summed E-state index contributed by atoms with van der Waals surface area (Å²) in [5.41, 5.74) is 3.94. The van der Waals surface area contributed by atoms with E-state index in [4.69, 9.17) is 4.74 Å². The number of pyridine rings is 1. The quantitative estimate of drug-likeness (QED) is 0.836. The van der Waals surface area contributed by atoms with E-state index >= 15 is 0 Å². The minimum Gasteiger partial charge on any atom is -0.491 e. The number of hydrogen-bond acceptors (Lipinski definition) is 4. The first-order chi connectivity index (χ1) is 13.2. The maximum Gasteiger partial charge on any atom is 0.255 e. The summed E-state index contributed by atoms with van der Waals surface area (Å²) in [5.74, 6) is 0.912. The van der Waals surface area contributed by atoms with E-state index in [-0.39, 0.29) is 5.91 Å². The van der Waals surface area contributed by atoms with E-state index in [0.29, 0.717) is 25.3 Å². The molecule has 2 aliphatic rings. The first-order valence-corrected chi connectivity index (χ1v) is 9.88. The smallest absolute Gasteiger partial charge is 0.255 e. The summed E-state index contributed by atoms with van der Waals surface area (Å²) in [7, 11) is 0. The van der Waals surface area contributed by atoms with Crippen LogP contribution >= 0.6 is 0 Å². The van der Waals surface area contributed by atoms with Gasteiger partial charge in [0.2, 0.25) is 0 Å². The van der Waals surface area contributed by atoms with Crippen LogP contribution in [0.1, 0.15) is 46.4 Å². The third kappa shape index (κ3) is 4.30. The van der Waals surface area contributed by atoms with Crippen LogP contribution in [-0.2, 0) is 13.1 Å². The van der Waals surface area contributed by atoms with Crippen molar-refractivity contribution in [1.82, 2.24) is 14.8 Å². The number of benzene rings is 1. The first-order valence-electron chi connectivity index (χ1n) is 9.88. The summed E-state index contributed by atoms with van der Waals surface area (Å²) >= 11 is 0. The number of aromatic nitrogens is 1. The van der Waals surface area contributed by atoms with Crippen molar-refractivity contribution in [2.45, 2.75) is 39.3 Å². The lowest BCUT2D eigenvalue weighted by molar-refractivity contribution is 0.0733. The van der Waals surface area contributed by atoms with Gasteiger partial charge in [-0.25, -0.2) is 0 Å². The Hall–Kier alpha value is -2.40. The van der Waals surface area contributed by atoms with E-state index in [1.807, 2.05) is 24.0 Å². The lowest BCUT2D eigenvalue weighted by atomic mass is 10.1. The fourth-order valence-corrected chi connectivity index (χ4v) is 3.87. The molecule has 1 saturated heterocycles. The fourth-order valence-electron chi connectivity index (χ4n) is 3.87. The van der Waals surface area contributed by atoms with Gasteiger partial charge in [-0.15, -0.1) is 0 Å². The van der Waals surface area contributed by atoms with Crippen molar-refractivity contribution in [2.75, 3.05) is 26.2 Å². The number of fused-ring (bicyclic) bond motifs is 1. The van der Waals surface area contributed by atoms with Gasteiger partial charge in [-0.1, -0.05) is 12.5 Å². The molecule has 142 valence electrons. The molecule has 5 nitrogen and oxygen atoms in total. The zero-order valence-corrected chi connectivity index (χ0v) is 16.0. The molecule has 2 aliphatic heterocycles. The number of carbonyl (C=O) groups is 1. The number of hydrogen-bond donors (Lipinski definition) is 0. The molecule has 0 radical (unpaired) electrons. The normalized spacial score (nSPS) is 17.7. The molecule has 3 heterocycles. The van der Waals surface area contributed by atoms with Gasteiger partial charge in [0.1, 0.15) is 12.4 Å². The Bertz CT molecular complexity index is 798. The molecule has 0 unspecified atom stereocenters. The van der Waals surface area contributed by atoms with Crippen molar-refractivity contribution < 1.29 is 9.53 Å². The summed E-state index contributed by atoms with van der Waals surface area (Å²) in [4.78, 5) is 21.5. The van der Waals surface area contributed by atoms with Crippen LogP contribution in [0.15, 0.2) is 36.5 Å². The summed E-state index contributed by atoms with van der Waals surface area (Å²) in [5, 5.41) is 0. The number of carbonyl (C=O) groups excluding carboxylic acids is 1. The molecule has 4 rings (SSSR count). The lowest BCUT2D eigenvalue weighted by Gasteiger charge is -2.26. The molecule has 0 bridgehead atoms. The topological polar surface area (TPSA) is 45.7 Å². The Kier molecular flexibility index (Phi) is 5.39. The Balaban J connectivity index is 1.50. The van der Waals surface area contributed by atoms with Gasteiger partial charge in [-0.05, 0) is 62.7 Å². The summed E-state index contributed by atoms with van der Waals surface area (Å²) in [6.07, 6.45) is 5.60. The van der Waals surface area contributed by atoms with Crippen LogP contribution in [0.4, 0.5) is 0 Å². The Labute approximate surface area is 161 Å². The average Bonchev–Trinajstić information content (AvgIpc) is 2.91. The molecule has 0 aliphatic carbocycles. The predicted octanol–water partition coefficient (Wildman–Crippen LogP) is 3.41. The predicted molar refractivity (Wildman–Crippen MR) is 105 cm³/mol. The van der Waals surface area contributed by atoms with Crippen LogP contribution in [0.5, 0.6) is 5.75 Å². The maximum absolute atomic E-state index is 12.9. The van der Waals surface area contributed by atoms with Crippen molar-refractivity contribution in [3.05, 3.63) is 58.9 Å². The highest BCUT2D eigenvalue weighted by Gasteiger charge is 2.22. The van der Waals surface area contributed by atoms with Gasteiger partial charge >= 0.3 is 0 Å². The average molecular weight is 365 g/mol. The van der Waals surface area contributed by atoms with Crippen molar-refractivity contribution in [3.63, 3.8) is 0 Å². The molecule has 0 atom stereocenters. The summed E-state index contributed by atoms with van der Waals surface area (Å²) < 4.78 is 5.91. The molecule has 0 saturated carbocycles. The van der Waals surface area contributed by atoms with Gasteiger partial charge in [-0.2, -0.15) is 0 Å². The minimum atomic E-state index is 0.0142. The Morgan fingerprint density at radius 3 is 2.74 bits per heavy atom. The molecule has 5 heteroatoms. The number of ether oxygens (including phenoxy) is 1. The lowest BCUT2D eigenvalue weighted by Crippen LogP contribution is -2.32. The molecular formula is C22H27N3O2. The van der Waals surface area contributed by atoms with Gasteiger partial charge in [0.25, 0.3) is 5.91 Å². The van der Waals surface area contributed by atoms with Gasteiger partial charge < -0.3 is 9.64 Å². The van der Waals surface area contributed by atoms with Gasteiger partial charge in [0, 0.05) is 30.5 Å². The minimum absolute atomic E-state index is 0.0142. The SMILES string of the molecule is Cc1ccc(C(=O)N2CCOc3ccc(CN4CCCCC4)cc3C2)cn1. The fraction of sp³-hybridized carbons (Fsp3) is 0.455. The monoisotopic (exact) mass is 365 g/mol. The van der Waals surface area contributed by atoms with Gasteiger partial charge in [0.05, 0.1) is 12.1 Å². The molecule has 1 aromatic carbocycles. The number of nitrogens with zero attached hydrogens (tertiary/aromatic N) is 3. The van der Waals surface area contributed by atoms with Crippen LogP contribution in [-0.4, -0.2) is 46.9 Å². The molecule has 1 aromatic heterocycles. The standard InChI is InChI=1S/C22H27N3O2/c1-17-5-7-19(14-23-17)22(26)25-11-12-27-21-8-6-18(13-20(21)16-25)15-24-9-3-2-4-10-24/h5-8,13-14H,2-4,9-12,15-16H2,1H3. The highest BCUT2D eigenvalue weighted by molar-refractivity contribution is 5.94. The second-order valence-electron chi connectivity index (χ2n) is 7.54. The van der Waals surface area contributed by atoms with Gasteiger partial charge in [-0.3, -0.25) is 14.7 Å². The molecule has 27 heavy (non-hydrogen) atoms. The van der Waals surface area contributed by atoms with E-state index in [1.165, 1.54) is 37.9 Å². The van der Waals surface area contributed by atoms with Crippen LogP contribution in [0.3, 0.4) is 0 Å². The molecule has 0 N–H and O–H groups in total. The first kappa shape index (κ1) is 18.0. The van der Waals surface area contributed by atoms with Crippen molar-refractivity contribution in [3.8, 4) is 5.75 Å². The van der Waals surface area contributed by atoms with Crippen LogP contribution in [0.25, 0.3) is 0 Å². The van der Waals surface area contributed by atoms with E-state index in [1.54, 1.807) is 6.20 Å². The van der Waals surface area contributed by atoms with Crippen LogP contribution in [0, 0.1) is 6.92 Å². The summed E-state index contributed by atoms with van der Waals surface area (Å²) in [6, 6.07) is 10.2. The van der Waals surface area contributed by atoms with E-state index in [0.717, 1.165) is 23.6 Å². The number of amides is 1. The van der Waals surface area contributed by atoms with Crippen LogP contribution in [0.2, 0.25) is 0 Å². The number of aryl methyl sites for hydroxylation is 1. The highest BCUT2D eigenvalue weighted by atomic mass is 16.5. The zero-order valence-electron chi connectivity index (χ0n) is 16.0. The van der Waals surface area contributed by atoms with Crippen molar-refractivity contribution >= 4 is 5.91 Å². The van der Waals surface area contributed by atoms with Crippen LogP contribution < -0.4 is 4.74 Å². The van der Waals surface area contributed by atoms with E-state index in [9.17, 15) is 4.79 Å². The Morgan fingerprint density at radius 1 is 1.11 bits per heavy atom. The summed E-state index contributed by atoms with van der Waals surface area (Å²) in [6.45, 7) is 6.94. The number of likely N-dealkylation sites (tertiary alicyclic amines) is 1.